The van der Waals surface area contributed by atoms with E-state index in [9.17, 15) is 18.0 Å². The Labute approximate surface area is 129 Å². The highest BCUT2D eigenvalue weighted by molar-refractivity contribution is 7.89. The van der Waals surface area contributed by atoms with Gasteiger partial charge in [0.1, 0.15) is 0 Å². The van der Waals surface area contributed by atoms with E-state index in [2.05, 4.69) is 10.0 Å². The maximum atomic E-state index is 12.1. The van der Waals surface area contributed by atoms with Crippen molar-refractivity contribution in [1.29, 1.82) is 0 Å². The first-order valence-electron chi connectivity index (χ1n) is 6.36. The third kappa shape index (κ3) is 6.06. The Balaban J connectivity index is 2.83. The van der Waals surface area contributed by atoms with Crippen LogP contribution >= 0.6 is 0 Å². The summed E-state index contributed by atoms with van der Waals surface area (Å²) >= 11 is 0. The predicted octanol–water partition coefficient (Wildman–Crippen LogP) is 1.34. The molecular formula is C14H18N2O5S. The lowest BCUT2D eigenvalue weighted by Crippen LogP contribution is -2.40. The molecule has 0 saturated carbocycles. The minimum atomic E-state index is -3.64. The maximum absolute atomic E-state index is 12.1. The van der Waals surface area contributed by atoms with Crippen LogP contribution in [0.1, 0.15) is 20.8 Å². The van der Waals surface area contributed by atoms with Crippen LogP contribution in [0.2, 0.25) is 0 Å². The fraction of sp³-hybridized carbons (Fsp3) is 0.286. The van der Waals surface area contributed by atoms with Gasteiger partial charge in [-0.25, -0.2) is 17.9 Å². The van der Waals surface area contributed by atoms with Crippen LogP contribution in [0.3, 0.4) is 0 Å². The van der Waals surface area contributed by atoms with Gasteiger partial charge < -0.3 is 10.4 Å². The van der Waals surface area contributed by atoms with Crippen LogP contribution in [0, 0.1) is 0 Å². The van der Waals surface area contributed by atoms with Gasteiger partial charge >= 0.3 is 5.97 Å². The van der Waals surface area contributed by atoms with E-state index in [-0.39, 0.29) is 4.90 Å². The van der Waals surface area contributed by atoms with Crippen molar-refractivity contribution >= 4 is 27.6 Å². The molecule has 0 unspecified atom stereocenters. The monoisotopic (exact) mass is 326 g/mol. The van der Waals surface area contributed by atoms with Crippen LogP contribution in [0.4, 0.5) is 5.69 Å². The zero-order valence-electron chi connectivity index (χ0n) is 12.5. The molecule has 0 saturated heterocycles. The first kappa shape index (κ1) is 17.9. The van der Waals surface area contributed by atoms with Crippen molar-refractivity contribution in [2.45, 2.75) is 31.2 Å². The Morgan fingerprint density at radius 1 is 1.09 bits per heavy atom. The summed E-state index contributed by atoms with van der Waals surface area (Å²) in [5, 5.41) is 10.8. The van der Waals surface area contributed by atoms with Crippen molar-refractivity contribution in [1.82, 2.24) is 4.72 Å². The summed E-state index contributed by atoms with van der Waals surface area (Å²) in [7, 11) is -3.64. The molecule has 8 heteroatoms. The predicted molar refractivity (Wildman–Crippen MR) is 81.9 cm³/mol. The quantitative estimate of drug-likeness (QED) is 0.707. The van der Waals surface area contributed by atoms with E-state index in [1.54, 1.807) is 20.8 Å². The van der Waals surface area contributed by atoms with Gasteiger partial charge in [0.25, 0.3) is 0 Å². The molecule has 0 aromatic heterocycles. The summed E-state index contributed by atoms with van der Waals surface area (Å²) in [5.41, 5.74) is -0.248. The number of carbonyl (C=O) groups excluding carboxylic acids is 1. The third-order valence-corrected chi connectivity index (χ3v) is 4.02. The summed E-state index contributed by atoms with van der Waals surface area (Å²) in [5.74, 6) is -1.85. The van der Waals surface area contributed by atoms with Gasteiger partial charge in [0, 0.05) is 23.4 Å². The van der Waals surface area contributed by atoms with Crippen LogP contribution in [0.25, 0.3) is 0 Å². The molecule has 0 fully saturated rings. The first-order chi connectivity index (χ1) is 9.99. The van der Waals surface area contributed by atoms with Crippen molar-refractivity contribution < 1.29 is 23.1 Å². The second kappa shape index (κ2) is 6.71. The molecule has 0 aliphatic carbocycles. The van der Waals surface area contributed by atoms with E-state index >= 15 is 0 Å². The van der Waals surface area contributed by atoms with E-state index < -0.39 is 27.4 Å². The second-order valence-corrected chi connectivity index (χ2v) is 7.22. The molecular weight excluding hydrogens is 308 g/mol. The minimum Gasteiger partial charge on any atom is -0.478 e. The van der Waals surface area contributed by atoms with Crippen molar-refractivity contribution in [3.05, 3.63) is 36.4 Å². The molecule has 0 radical (unpaired) electrons. The molecule has 1 amide bonds. The average Bonchev–Trinajstić information content (AvgIpc) is 2.34. The molecule has 0 atom stereocenters. The Kier molecular flexibility index (Phi) is 5.45. The van der Waals surface area contributed by atoms with Crippen LogP contribution < -0.4 is 10.0 Å². The van der Waals surface area contributed by atoms with Crippen molar-refractivity contribution in [3.8, 4) is 0 Å². The van der Waals surface area contributed by atoms with Gasteiger partial charge in [-0.05, 0) is 45.0 Å². The molecule has 1 rings (SSSR count). The first-order valence-corrected chi connectivity index (χ1v) is 7.84. The number of anilines is 1. The fourth-order valence-electron chi connectivity index (χ4n) is 1.51. The average molecular weight is 326 g/mol. The smallest absolute Gasteiger partial charge is 0.328 e. The number of hydrogen-bond acceptors (Lipinski definition) is 4. The van der Waals surface area contributed by atoms with Gasteiger partial charge in [-0.1, -0.05) is 0 Å². The van der Waals surface area contributed by atoms with E-state index in [0.29, 0.717) is 11.8 Å². The topological polar surface area (TPSA) is 113 Å². The van der Waals surface area contributed by atoms with E-state index in [1.807, 2.05) is 0 Å². The van der Waals surface area contributed by atoms with Gasteiger partial charge in [0.2, 0.25) is 15.9 Å². The molecule has 7 nitrogen and oxygen atoms in total. The Morgan fingerprint density at radius 3 is 2.09 bits per heavy atom. The number of amides is 1. The number of rotatable bonds is 5. The third-order valence-electron chi connectivity index (χ3n) is 2.25. The van der Waals surface area contributed by atoms with Gasteiger partial charge in [-0.3, -0.25) is 4.79 Å². The number of nitrogens with one attached hydrogen (secondary N) is 2. The number of aliphatic carboxylic acids is 1. The van der Waals surface area contributed by atoms with Crippen LogP contribution in [-0.2, 0) is 19.6 Å². The van der Waals surface area contributed by atoms with Crippen LogP contribution in [0.15, 0.2) is 41.3 Å². The summed E-state index contributed by atoms with van der Waals surface area (Å²) in [6, 6.07) is 5.54. The molecule has 1 aromatic rings. The molecule has 3 N–H and O–H groups in total. The summed E-state index contributed by atoms with van der Waals surface area (Å²) < 4.78 is 26.7. The molecule has 1 aromatic carbocycles. The number of sulfonamides is 1. The molecule has 0 spiro atoms. The zero-order valence-corrected chi connectivity index (χ0v) is 13.3. The molecule has 0 heterocycles. The standard InChI is InChI=1S/C14H18N2O5S/c1-14(2,3)16-22(20,21)11-6-4-10(5-7-11)15-12(17)8-9-13(18)19/h4-9,16H,1-3H3,(H,15,17)(H,18,19). The minimum absolute atomic E-state index is 0.0708. The normalized spacial score (nSPS) is 12.3. The lowest BCUT2D eigenvalue weighted by molar-refractivity contribution is -0.131. The second-order valence-electron chi connectivity index (χ2n) is 5.54. The molecule has 0 aliphatic heterocycles. The van der Waals surface area contributed by atoms with Crippen molar-refractivity contribution in [2.75, 3.05) is 5.32 Å². The van der Waals surface area contributed by atoms with E-state index in [4.69, 9.17) is 5.11 Å². The Hall–Kier alpha value is -2.19. The number of hydrogen-bond donors (Lipinski definition) is 3. The molecule has 0 aliphatic rings. The van der Waals surface area contributed by atoms with Crippen LogP contribution in [0.5, 0.6) is 0 Å². The molecule has 22 heavy (non-hydrogen) atoms. The highest BCUT2D eigenvalue weighted by atomic mass is 32.2. The van der Waals surface area contributed by atoms with E-state index in [1.165, 1.54) is 24.3 Å². The van der Waals surface area contributed by atoms with Gasteiger partial charge in [0.15, 0.2) is 0 Å². The van der Waals surface area contributed by atoms with E-state index in [0.717, 1.165) is 6.08 Å². The Bertz CT molecular complexity index is 685. The summed E-state index contributed by atoms with van der Waals surface area (Å²) in [6.07, 6.45) is 1.58. The Morgan fingerprint density at radius 2 is 1.64 bits per heavy atom. The fourth-order valence-corrected chi connectivity index (χ4v) is 2.93. The lowest BCUT2D eigenvalue weighted by atomic mass is 10.1. The van der Waals surface area contributed by atoms with Crippen LogP contribution in [-0.4, -0.2) is 30.9 Å². The largest absolute Gasteiger partial charge is 0.478 e. The highest BCUT2D eigenvalue weighted by Crippen LogP contribution is 2.16. The van der Waals surface area contributed by atoms with Gasteiger partial charge in [-0.2, -0.15) is 0 Å². The number of benzene rings is 1. The van der Waals surface area contributed by atoms with Crippen molar-refractivity contribution in [2.24, 2.45) is 0 Å². The highest BCUT2D eigenvalue weighted by Gasteiger charge is 2.21. The molecule has 120 valence electrons. The summed E-state index contributed by atoms with van der Waals surface area (Å²) in [6.45, 7) is 5.19. The molecule has 0 bridgehead atoms. The number of carboxylic acid groups (broad SMARTS) is 1. The number of carboxylic acids is 1. The van der Waals surface area contributed by atoms with Gasteiger partial charge in [0.05, 0.1) is 4.90 Å². The number of carbonyl (C=O) groups is 2. The lowest BCUT2D eigenvalue weighted by Gasteiger charge is -2.20. The SMILES string of the molecule is CC(C)(C)NS(=O)(=O)c1ccc(NC(=O)C=CC(=O)O)cc1. The summed E-state index contributed by atoms with van der Waals surface area (Å²) in [4.78, 5) is 21.8. The maximum Gasteiger partial charge on any atom is 0.328 e. The zero-order chi connectivity index (χ0) is 17.0. The van der Waals surface area contributed by atoms with Crippen molar-refractivity contribution in [3.63, 3.8) is 0 Å². The van der Waals surface area contributed by atoms with Gasteiger partial charge in [-0.15, -0.1) is 0 Å².